The van der Waals surface area contributed by atoms with Gasteiger partial charge in [0.05, 0.1) is 13.7 Å². The van der Waals surface area contributed by atoms with Gasteiger partial charge in [-0.05, 0) is 43.2 Å². The number of urea groups is 1. The van der Waals surface area contributed by atoms with Crippen molar-refractivity contribution >= 4 is 11.7 Å². The van der Waals surface area contributed by atoms with Gasteiger partial charge >= 0.3 is 6.03 Å². The molecule has 2 amide bonds. The van der Waals surface area contributed by atoms with E-state index >= 15 is 0 Å². The van der Waals surface area contributed by atoms with Crippen LogP contribution in [0.5, 0.6) is 11.5 Å². The fourth-order valence-electron chi connectivity index (χ4n) is 2.06. The van der Waals surface area contributed by atoms with E-state index in [2.05, 4.69) is 10.6 Å². The minimum Gasteiger partial charge on any atom is -0.497 e. The fraction of sp³-hybridized carbons (Fsp3) is 0.278. The first-order valence-electron chi connectivity index (χ1n) is 7.47. The van der Waals surface area contributed by atoms with Crippen molar-refractivity contribution in [3.63, 3.8) is 0 Å². The van der Waals surface area contributed by atoms with Crippen molar-refractivity contribution < 1.29 is 14.3 Å². The first-order valence-corrected chi connectivity index (χ1v) is 7.47. The molecule has 5 heteroatoms. The molecule has 2 rings (SSSR count). The Morgan fingerprint density at radius 1 is 1.13 bits per heavy atom. The van der Waals surface area contributed by atoms with Gasteiger partial charge in [-0.2, -0.15) is 0 Å². The predicted molar refractivity (Wildman–Crippen MR) is 91.4 cm³/mol. The lowest BCUT2D eigenvalue weighted by Crippen LogP contribution is -2.32. The van der Waals surface area contributed by atoms with Gasteiger partial charge in [0, 0.05) is 11.8 Å². The van der Waals surface area contributed by atoms with Gasteiger partial charge < -0.3 is 20.1 Å². The number of amides is 2. The Bertz CT molecular complexity index is 671. The summed E-state index contributed by atoms with van der Waals surface area (Å²) < 4.78 is 10.8. The number of rotatable bonds is 6. The molecule has 5 nitrogen and oxygen atoms in total. The number of benzene rings is 2. The van der Waals surface area contributed by atoms with Crippen molar-refractivity contribution in [1.82, 2.24) is 5.32 Å². The molecule has 0 aliphatic carbocycles. The van der Waals surface area contributed by atoms with E-state index in [0.29, 0.717) is 24.6 Å². The largest absolute Gasteiger partial charge is 0.497 e. The van der Waals surface area contributed by atoms with Crippen molar-refractivity contribution in [2.45, 2.75) is 13.8 Å². The second-order valence-electron chi connectivity index (χ2n) is 5.23. The van der Waals surface area contributed by atoms with Gasteiger partial charge in [-0.25, -0.2) is 4.79 Å². The maximum Gasteiger partial charge on any atom is 0.319 e. The van der Waals surface area contributed by atoms with Crippen LogP contribution in [0.15, 0.2) is 42.5 Å². The number of hydrogen-bond acceptors (Lipinski definition) is 3. The van der Waals surface area contributed by atoms with Crippen LogP contribution in [0.3, 0.4) is 0 Å². The molecule has 0 aromatic heterocycles. The molecule has 2 N–H and O–H groups in total. The highest BCUT2D eigenvalue weighted by molar-refractivity contribution is 5.89. The van der Waals surface area contributed by atoms with Crippen LogP contribution in [-0.2, 0) is 0 Å². The van der Waals surface area contributed by atoms with Crippen molar-refractivity contribution in [1.29, 1.82) is 0 Å². The summed E-state index contributed by atoms with van der Waals surface area (Å²) >= 11 is 0. The quantitative estimate of drug-likeness (QED) is 0.802. The third-order valence-corrected chi connectivity index (χ3v) is 3.32. The first-order chi connectivity index (χ1) is 11.1. The molecular weight excluding hydrogens is 292 g/mol. The van der Waals surface area contributed by atoms with Crippen molar-refractivity contribution in [3.05, 3.63) is 53.6 Å². The van der Waals surface area contributed by atoms with E-state index in [1.54, 1.807) is 19.2 Å². The van der Waals surface area contributed by atoms with Crippen molar-refractivity contribution in [2.24, 2.45) is 0 Å². The van der Waals surface area contributed by atoms with E-state index in [1.165, 1.54) is 0 Å². The van der Waals surface area contributed by atoms with Gasteiger partial charge in [-0.1, -0.05) is 18.2 Å². The number of aryl methyl sites for hydroxylation is 2. The summed E-state index contributed by atoms with van der Waals surface area (Å²) in [4.78, 5) is 11.8. The number of nitrogens with one attached hydrogen (secondary N) is 2. The highest BCUT2D eigenvalue weighted by atomic mass is 16.5. The van der Waals surface area contributed by atoms with Crippen LogP contribution in [0.1, 0.15) is 11.1 Å². The minimum atomic E-state index is -0.275. The van der Waals surface area contributed by atoms with Crippen molar-refractivity contribution in [2.75, 3.05) is 25.6 Å². The number of anilines is 1. The van der Waals surface area contributed by atoms with Gasteiger partial charge in [0.2, 0.25) is 0 Å². The van der Waals surface area contributed by atoms with Crippen LogP contribution in [0.25, 0.3) is 0 Å². The lowest BCUT2D eigenvalue weighted by molar-refractivity contribution is 0.247. The van der Waals surface area contributed by atoms with Gasteiger partial charge in [0.1, 0.15) is 18.1 Å². The smallest absolute Gasteiger partial charge is 0.319 e. The zero-order valence-electron chi connectivity index (χ0n) is 13.7. The highest BCUT2D eigenvalue weighted by Gasteiger charge is 2.03. The number of hydrogen-bond donors (Lipinski definition) is 2. The molecule has 2 aromatic rings. The fourth-order valence-corrected chi connectivity index (χ4v) is 2.06. The summed E-state index contributed by atoms with van der Waals surface area (Å²) in [7, 11) is 1.59. The summed E-state index contributed by atoms with van der Waals surface area (Å²) in [5, 5.41) is 5.51. The van der Waals surface area contributed by atoms with Crippen LogP contribution >= 0.6 is 0 Å². The molecule has 0 fully saturated rings. The molecule has 0 heterocycles. The number of ether oxygens (including phenoxy) is 2. The minimum absolute atomic E-state index is 0.275. The topological polar surface area (TPSA) is 59.6 Å². The van der Waals surface area contributed by atoms with Crippen LogP contribution < -0.4 is 20.1 Å². The Morgan fingerprint density at radius 2 is 1.96 bits per heavy atom. The number of methoxy groups -OCH3 is 1. The molecule has 0 aliphatic heterocycles. The SMILES string of the molecule is COc1cccc(NC(=O)NCCOc2cc(C)ccc2C)c1. The average Bonchev–Trinajstić information content (AvgIpc) is 2.54. The van der Waals surface area contributed by atoms with Crippen LogP contribution in [-0.4, -0.2) is 26.3 Å². The van der Waals surface area contributed by atoms with E-state index < -0.39 is 0 Å². The molecule has 0 saturated heterocycles. The molecule has 2 aromatic carbocycles. The van der Waals surface area contributed by atoms with Gasteiger partial charge in [-0.15, -0.1) is 0 Å². The second kappa shape index (κ2) is 8.08. The molecule has 23 heavy (non-hydrogen) atoms. The normalized spacial score (nSPS) is 10.0. The molecule has 0 saturated carbocycles. The Morgan fingerprint density at radius 3 is 2.74 bits per heavy atom. The highest BCUT2D eigenvalue weighted by Crippen LogP contribution is 2.19. The maximum atomic E-state index is 11.8. The standard InChI is InChI=1S/C18H22N2O3/c1-13-7-8-14(2)17(11-13)23-10-9-19-18(21)20-15-5-4-6-16(12-15)22-3/h4-8,11-12H,9-10H2,1-3H3,(H2,19,20,21). The maximum absolute atomic E-state index is 11.8. The number of carbonyl (C=O) groups is 1. The van der Waals surface area contributed by atoms with Gasteiger partial charge in [0.25, 0.3) is 0 Å². The zero-order valence-corrected chi connectivity index (χ0v) is 13.7. The molecule has 0 aliphatic rings. The van der Waals surface area contributed by atoms with Crippen molar-refractivity contribution in [3.8, 4) is 11.5 Å². The monoisotopic (exact) mass is 314 g/mol. The van der Waals surface area contributed by atoms with Crippen LogP contribution in [0, 0.1) is 13.8 Å². The molecule has 0 bridgehead atoms. The van der Waals surface area contributed by atoms with Gasteiger partial charge in [0.15, 0.2) is 0 Å². The molecule has 122 valence electrons. The Labute approximate surface area is 136 Å². The summed E-state index contributed by atoms with van der Waals surface area (Å²) in [6.07, 6.45) is 0. The lowest BCUT2D eigenvalue weighted by atomic mass is 10.1. The van der Waals surface area contributed by atoms with Crippen LogP contribution in [0.4, 0.5) is 10.5 Å². The number of carbonyl (C=O) groups excluding carboxylic acids is 1. The summed E-state index contributed by atoms with van der Waals surface area (Å²) in [5.41, 5.74) is 2.91. The Hall–Kier alpha value is -2.69. The molecule has 0 unspecified atom stereocenters. The Balaban J connectivity index is 1.75. The average molecular weight is 314 g/mol. The first kappa shape index (κ1) is 16.7. The van der Waals surface area contributed by atoms with E-state index in [9.17, 15) is 4.79 Å². The van der Waals surface area contributed by atoms with E-state index in [1.807, 2.05) is 44.2 Å². The summed E-state index contributed by atoms with van der Waals surface area (Å²) in [5.74, 6) is 1.54. The van der Waals surface area contributed by atoms with E-state index in [0.717, 1.165) is 16.9 Å². The van der Waals surface area contributed by atoms with E-state index in [4.69, 9.17) is 9.47 Å². The molecular formula is C18H22N2O3. The zero-order chi connectivity index (χ0) is 16.7. The summed E-state index contributed by atoms with van der Waals surface area (Å²) in [6.45, 7) is 4.85. The predicted octanol–water partition coefficient (Wildman–Crippen LogP) is 3.51. The van der Waals surface area contributed by atoms with Gasteiger partial charge in [-0.3, -0.25) is 0 Å². The third-order valence-electron chi connectivity index (χ3n) is 3.32. The summed E-state index contributed by atoms with van der Waals surface area (Å²) in [6, 6.07) is 13.0. The second-order valence-corrected chi connectivity index (χ2v) is 5.23. The molecule has 0 spiro atoms. The molecule has 0 radical (unpaired) electrons. The Kier molecular flexibility index (Phi) is 5.86. The molecule has 0 atom stereocenters. The van der Waals surface area contributed by atoms with Crippen LogP contribution in [0.2, 0.25) is 0 Å². The lowest BCUT2D eigenvalue weighted by Gasteiger charge is -2.11. The van der Waals surface area contributed by atoms with E-state index in [-0.39, 0.29) is 6.03 Å². The third kappa shape index (κ3) is 5.21.